The predicted octanol–water partition coefficient (Wildman–Crippen LogP) is 7.02. The van der Waals surface area contributed by atoms with E-state index in [4.69, 9.17) is 9.84 Å². The van der Waals surface area contributed by atoms with Gasteiger partial charge in [0.1, 0.15) is 5.75 Å². The van der Waals surface area contributed by atoms with Crippen molar-refractivity contribution in [2.45, 2.75) is 84.0 Å². The van der Waals surface area contributed by atoms with E-state index in [9.17, 15) is 4.79 Å². The molecule has 0 heterocycles. The number of carbonyl (C=O) groups excluding carboxylic acids is 1. The van der Waals surface area contributed by atoms with E-state index >= 15 is 0 Å². The predicted molar refractivity (Wildman–Crippen MR) is 109 cm³/mol. The second kappa shape index (κ2) is 15.5. The van der Waals surface area contributed by atoms with E-state index in [0.717, 1.165) is 31.1 Å². The minimum absolute atomic E-state index is 0.208. The third kappa shape index (κ3) is 11.0. The molecule has 0 unspecified atom stereocenters. The summed E-state index contributed by atoms with van der Waals surface area (Å²) < 4.78 is 5.71. The van der Waals surface area contributed by atoms with Crippen molar-refractivity contribution >= 4 is 5.78 Å². The number of ketones is 1. The van der Waals surface area contributed by atoms with Gasteiger partial charge in [-0.25, -0.2) is 0 Å². The molecule has 3 nitrogen and oxygen atoms in total. The Morgan fingerprint density at radius 2 is 1.35 bits per heavy atom. The SMILES string of the molecule is CCCCCCCCCCCCCCOc1ccc(C(=O)/C=C\O)cc1. The summed E-state index contributed by atoms with van der Waals surface area (Å²) >= 11 is 0. The molecule has 146 valence electrons. The van der Waals surface area contributed by atoms with Crippen molar-refractivity contribution in [2.75, 3.05) is 6.61 Å². The van der Waals surface area contributed by atoms with Crippen LogP contribution in [-0.2, 0) is 0 Å². The first-order valence-corrected chi connectivity index (χ1v) is 10.4. The monoisotopic (exact) mass is 360 g/mol. The zero-order valence-electron chi connectivity index (χ0n) is 16.4. The van der Waals surface area contributed by atoms with Crippen molar-refractivity contribution in [1.82, 2.24) is 0 Å². The number of rotatable bonds is 16. The molecule has 0 spiro atoms. The molecule has 0 amide bonds. The maximum Gasteiger partial charge on any atom is 0.188 e. The summed E-state index contributed by atoms with van der Waals surface area (Å²) in [6.07, 6.45) is 17.9. The molecule has 0 aliphatic rings. The maximum atomic E-state index is 11.6. The zero-order valence-corrected chi connectivity index (χ0v) is 16.4. The first-order chi connectivity index (χ1) is 12.8. The van der Waals surface area contributed by atoms with Crippen LogP contribution in [0.3, 0.4) is 0 Å². The van der Waals surface area contributed by atoms with Crippen LogP contribution in [-0.4, -0.2) is 17.5 Å². The van der Waals surface area contributed by atoms with Crippen molar-refractivity contribution in [1.29, 1.82) is 0 Å². The fourth-order valence-corrected chi connectivity index (χ4v) is 3.01. The number of carbonyl (C=O) groups is 1. The van der Waals surface area contributed by atoms with Crippen LogP contribution >= 0.6 is 0 Å². The van der Waals surface area contributed by atoms with Crippen molar-refractivity contribution in [2.24, 2.45) is 0 Å². The Morgan fingerprint density at radius 1 is 0.846 bits per heavy atom. The second-order valence-electron chi connectivity index (χ2n) is 6.94. The highest BCUT2D eigenvalue weighted by atomic mass is 16.5. The van der Waals surface area contributed by atoms with Gasteiger partial charge < -0.3 is 9.84 Å². The van der Waals surface area contributed by atoms with E-state index < -0.39 is 0 Å². The van der Waals surface area contributed by atoms with Crippen LogP contribution in [0.1, 0.15) is 94.3 Å². The maximum absolute atomic E-state index is 11.6. The molecule has 3 heteroatoms. The van der Waals surface area contributed by atoms with Gasteiger partial charge in [0, 0.05) is 11.6 Å². The first kappa shape index (κ1) is 22.3. The molecule has 0 bridgehead atoms. The molecule has 0 saturated carbocycles. The van der Waals surface area contributed by atoms with E-state index in [1.54, 1.807) is 24.3 Å². The minimum Gasteiger partial charge on any atom is -0.515 e. The summed E-state index contributed by atoms with van der Waals surface area (Å²) in [7, 11) is 0. The molecular weight excluding hydrogens is 324 g/mol. The van der Waals surface area contributed by atoms with Crippen LogP contribution in [0.5, 0.6) is 5.75 Å². The summed E-state index contributed by atoms with van der Waals surface area (Å²) in [5.41, 5.74) is 0.549. The van der Waals surface area contributed by atoms with Crippen molar-refractivity contribution in [3.63, 3.8) is 0 Å². The number of benzene rings is 1. The molecule has 0 radical (unpaired) electrons. The number of unbranched alkanes of at least 4 members (excludes halogenated alkanes) is 11. The Kier molecular flexibility index (Phi) is 13.3. The quantitative estimate of drug-likeness (QED) is 0.149. The van der Waals surface area contributed by atoms with Crippen LogP contribution in [0.4, 0.5) is 0 Å². The molecule has 0 aliphatic heterocycles. The van der Waals surface area contributed by atoms with Crippen molar-refractivity contribution < 1.29 is 14.6 Å². The molecule has 1 aromatic carbocycles. The molecule has 26 heavy (non-hydrogen) atoms. The van der Waals surface area contributed by atoms with Gasteiger partial charge >= 0.3 is 0 Å². The van der Waals surface area contributed by atoms with E-state index in [2.05, 4.69) is 6.92 Å². The van der Waals surface area contributed by atoms with Crippen molar-refractivity contribution in [3.05, 3.63) is 42.2 Å². The topological polar surface area (TPSA) is 46.5 Å². The average Bonchev–Trinajstić information content (AvgIpc) is 2.66. The van der Waals surface area contributed by atoms with Gasteiger partial charge in [-0.2, -0.15) is 0 Å². The lowest BCUT2D eigenvalue weighted by Gasteiger charge is -2.07. The lowest BCUT2D eigenvalue weighted by molar-refractivity contribution is 0.104. The largest absolute Gasteiger partial charge is 0.515 e. The minimum atomic E-state index is -0.208. The van der Waals surface area contributed by atoms with Crippen LogP contribution in [0, 0.1) is 0 Å². The Balaban J connectivity index is 1.95. The van der Waals surface area contributed by atoms with Crippen molar-refractivity contribution in [3.8, 4) is 5.75 Å². The fourth-order valence-electron chi connectivity index (χ4n) is 3.01. The van der Waals surface area contributed by atoms with Gasteiger partial charge in [0.05, 0.1) is 12.9 Å². The van der Waals surface area contributed by atoms with E-state index in [0.29, 0.717) is 5.56 Å². The Bertz CT molecular complexity index is 491. The average molecular weight is 361 g/mol. The number of allylic oxidation sites excluding steroid dienone is 1. The zero-order chi connectivity index (χ0) is 18.9. The molecule has 1 aromatic rings. The van der Waals surface area contributed by atoms with Gasteiger partial charge in [-0.1, -0.05) is 77.6 Å². The number of aliphatic hydroxyl groups is 1. The molecular formula is C23H36O3. The molecule has 0 aromatic heterocycles. The van der Waals surface area contributed by atoms with Gasteiger partial charge in [-0.3, -0.25) is 4.79 Å². The molecule has 0 saturated heterocycles. The number of hydrogen-bond donors (Lipinski definition) is 1. The highest BCUT2D eigenvalue weighted by Gasteiger charge is 2.02. The Morgan fingerprint density at radius 3 is 1.85 bits per heavy atom. The molecule has 1 N–H and O–H groups in total. The van der Waals surface area contributed by atoms with Gasteiger partial charge in [-0.05, 0) is 30.7 Å². The third-order valence-corrected chi connectivity index (χ3v) is 4.63. The van der Waals surface area contributed by atoms with Gasteiger partial charge in [-0.15, -0.1) is 0 Å². The normalized spacial score (nSPS) is 11.1. The number of hydrogen-bond acceptors (Lipinski definition) is 3. The van der Waals surface area contributed by atoms with E-state index in [-0.39, 0.29) is 5.78 Å². The molecule has 1 rings (SSSR count). The summed E-state index contributed by atoms with van der Waals surface area (Å²) in [6.45, 7) is 2.99. The molecule has 0 atom stereocenters. The molecule has 0 aliphatic carbocycles. The Hall–Kier alpha value is -1.77. The summed E-state index contributed by atoms with van der Waals surface area (Å²) in [6, 6.07) is 7.05. The lowest BCUT2D eigenvalue weighted by atomic mass is 10.1. The van der Waals surface area contributed by atoms with Gasteiger partial charge in [0.15, 0.2) is 5.78 Å². The van der Waals surface area contributed by atoms with Gasteiger partial charge in [0.25, 0.3) is 0 Å². The smallest absolute Gasteiger partial charge is 0.188 e. The molecule has 0 fully saturated rings. The Labute approximate surface area is 159 Å². The highest BCUT2D eigenvalue weighted by molar-refractivity contribution is 6.04. The van der Waals surface area contributed by atoms with E-state index in [1.807, 2.05) is 0 Å². The van der Waals surface area contributed by atoms with Crippen LogP contribution < -0.4 is 4.74 Å². The standard InChI is InChI=1S/C23H36O3/c1-2-3-4-5-6-7-8-9-10-11-12-13-20-26-22-16-14-21(15-17-22)23(25)18-19-24/h14-19,24H,2-13,20H2,1H3/b19-18-. The lowest BCUT2D eigenvalue weighted by Crippen LogP contribution is -1.98. The fraction of sp³-hybridized carbons (Fsp3) is 0.609. The van der Waals surface area contributed by atoms with Crippen LogP contribution in [0.15, 0.2) is 36.6 Å². The summed E-state index contributed by atoms with van der Waals surface area (Å²) in [4.78, 5) is 11.6. The third-order valence-electron chi connectivity index (χ3n) is 4.63. The summed E-state index contributed by atoms with van der Waals surface area (Å²) in [5.74, 6) is 0.581. The van der Waals surface area contributed by atoms with Gasteiger partial charge in [0.2, 0.25) is 0 Å². The first-order valence-electron chi connectivity index (χ1n) is 10.4. The van der Waals surface area contributed by atoms with Crippen LogP contribution in [0.2, 0.25) is 0 Å². The summed E-state index contributed by atoms with van der Waals surface area (Å²) in [5, 5.41) is 8.61. The second-order valence-corrected chi connectivity index (χ2v) is 6.94. The van der Waals surface area contributed by atoms with Crippen LogP contribution in [0.25, 0.3) is 0 Å². The van der Waals surface area contributed by atoms with E-state index in [1.165, 1.54) is 70.6 Å². The number of ether oxygens (including phenoxy) is 1. The highest BCUT2D eigenvalue weighted by Crippen LogP contribution is 2.15. The number of aliphatic hydroxyl groups excluding tert-OH is 1.